The lowest BCUT2D eigenvalue weighted by Gasteiger charge is -2.15. The number of hydrogen-bond donors (Lipinski definition) is 1. The second kappa shape index (κ2) is 6.64. The highest BCUT2D eigenvalue weighted by atomic mass is 32.1. The van der Waals surface area contributed by atoms with Crippen molar-refractivity contribution in [3.8, 4) is 0 Å². The average Bonchev–Trinajstić information content (AvgIpc) is 3.02. The fourth-order valence-electron chi connectivity index (χ4n) is 3.34. The predicted octanol–water partition coefficient (Wildman–Crippen LogP) is 3.68. The quantitative estimate of drug-likeness (QED) is 0.764. The van der Waals surface area contributed by atoms with Crippen LogP contribution >= 0.6 is 11.3 Å². The topological polar surface area (TPSA) is 64.0 Å². The molecule has 0 aliphatic heterocycles. The number of halogens is 1. The number of nitrogens with zero attached hydrogens (tertiary/aromatic N) is 2. The van der Waals surface area contributed by atoms with Crippen LogP contribution in [-0.4, -0.2) is 15.5 Å². The summed E-state index contributed by atoms with van der Waals surface area (Å²) in [6, 6.07) is 4.80. The molecule has 0 fully saturated rings. The Morgan fingerprint density at radius 2 is 2.00 bits per heavy atom. The van der Waals surface area contributed by atoms with Crippen LogP contribution in [0.1, 0.15) is 36.2 Å². The third kappa shape index (κ3) is 2.92. The number of amides is 1. The summed E-state index contributed by atoms with van der Waals surface area (Å²) in [7, 11) is 0. The van der Waals surface area contributed by atoms with Crippen molar-refractivity contribution in [2.24, 2.45) is 0 Å². The number of rotatable bonds is 3. The number of carbonyl (C=O) groups excluding carboxylic acids is 1. The molecule has 1 aromatic carbocycles. The Labute approximate surface area is 153 Å². The van der Waals surface area contributed by atoms with Gasteiger partial charge in [0.05, 0.1) is 11.7 Å². The van der Waals surface area contributed by atoms with Gasteiger partial charge in [0.1, 0.15) is 16.7 Å². The van der Waals surface area contributed by atoms with Gasteiger partial charge in [-0.25, -0.2) is 9.37 Å². The first kappa shape index (κ1) is 16.9. The summed E-state index contributed by atoms with van der Waals surface area (Å²) >= 11 is 1.59. The van der Waals surface area contributed by atoms with E-state index < -0.39 is 6.04 Å². The Kier molecular flexibility index (Phi) is 4.32. The molecule has 0 saturated heterocycles. The van der Waals surface area contributed by atoms with E-state index in [9.17, 15) is 14.0 Å². The van der Waals surface area contributed by atoms with E-state index >= 15 is 0 Å². The molecule has 0 saturated carbocycles. The summed E-state index contributed by atoms with van der Waals surface area (Å²) in [5.74, 6) is -0.715. The Balaban J connectivity index is 1.67. The minimum Gasteiger partial charge on any atom is -0.324 e. The van der Waals surface area contributed by atoms with Gasteiger partial charge in [0.2, 0.25) is 5.91 Å². The summed E-state index contributed by atoms with van der Waals surface area (Å²) < 4.78 is 14.4. The minimum atomic E-state index is -0.719. The maximum atomic E-state index is 13.0. The summed E-state index contributed by atoms with van der Waals surface area (Å²) in [4.78, 5) is 32.0. The predicted molar refractivity (Wildman–Crippen MR) is 100 cm³/mol. The Bertz CT molecular complexity index is 1040. The van der Waals surface area contributed by atoms with Crippen LogP contribution in [0.2, 0.25) is 0 Å². The lowest BCUT2D eigenvalue weighted by Crippen LogP contribution is -2.32. The van der Waals surface area contributed by atoms with Gasteiger partial charge in [0.25, 0.3) is 5.56 Å². The summed E-state index contributed by atoms with van der Waals surface area (Å²) in [5.41, 5.74) is 1.42. The molecule has 4 rings (SSSR count). The van der Waals surface area contributed by atoms with Gasteiger partial charge in [-0.2, -0.15) is 0 Å². The zero-order valence-electron chi connectivity index (χ0n) is 14.3. The van der Waals surface area contributed by atoms with E-state index in [0.29, 0.717) is 11.1 Å². The molecule has 0 bridgehead atoms. The van der Waals surface area contributed by atoms with Crippen LogP contribution in [0.25, 0.3) is 10.2 Å². The van der Waals surface area contributed by atoms with Gasteiger partial charge < -0.3 is 5.32 Å². The van der Waals surface area contributed by atoms with E-state index in [-0.39, 0.29) is 17.3 Å². The molecule has 3 aromatic rings. The number of carbonyl (C=O) groups is 1. The number of fused-ring (bicyclic) bond motifs is 3. The maximum Gasteiger partial charge on any atom is 0.263 e. The van der Waals surface area contributed by atoms with Crippen molar-refractivity contribution in [2.75, 3.05) is 5.32 Å². The highest BCUT2D eigenvalue weighted by Crippen LogP contribution is 2.33. The molecule has 0 radical (unpaired) electrons. The summed E-state index contributed by atoms with van der Waals surface area (Å²) in [6.45, 7) is 1.66. The lowest BCUT2D eigenvalue weighted by atomic mass is 9.97. The van der Waals surface area contributed by atoms with Gasteiger partial charge in [-0.15, -0.1) is 11.3 Å². The molecule has 1 amide bonds. The molecule has 0 spiro atoms. The fraction of sp³-hybridized carbons (Fsp3) is 0.316. The Morgan fingerprint density at radius 3 is 2.77 bits per heavy atom. The molecule has 134 valence electrons. The zero-order chi connectivity index (χ0) is 18.3. The summed E-state index contributed by atoms with van der Waals surface area (Å²) in [5, 5.41) is 3.37. The molecular weight excluding hydrogens is 353 g/mol. The highest BCUT2D eigenvalue weighted by molar-refractivity contribution is 7.18. The Hall–Kier alpha value is -2.54. The van der Waals surface area contributed by atoms with Crippen LogP contribution in [0.4, 0.5) is 10.1 Å². The molecule has 5 nitrogen and oxygen atoms in total. The van der Waals surface area contributed by atoms with E-state index in [0.717, 1.165) is 36.1 Å². The number of aryl methyl sites for hydroxylation is 2. The molecule has 1 atom stereocenters. The van der Waals surface area contributed by atoms with E-state index in [1.165, 1.54) is 40.0 Å². The second-order valence-electron chi connectivity index (χ2n) is 6.52. The fourth-order valence-corrected chi connectivity index (χ4v) is 4.56. The van der Waals surface area contributed by atoms with E-state index in [4.69, 9.17) is 0 Å². The Morgan fingerprint density at radius 1 is 1.27 bits per heavy atom. The number of aromatic nitrogens is 2. The van der Waals surface area contributed by atoms with Crippen LogP contribution in [0.15, 0.2) is 35.4 Å². The molecular formula is C19H18FN3O2S. The number of nitrogens with one attached hydrogen (secondary N) is 1. The van der Waals surface area contributed by atoms with Gasteiger partial charge in [-0.3, -0.25) is 14.2 Å². The van der Waals surface area contributed by atoms with Crippen molar-refractivity contribution in [1.82, 2.24) is 9.55 Å². The normalized spacial score (nSPS) is 14.8. The third-order valence-corrected chi connectivity index (χ3v) is 6.01. The first-order valence-corrected chi connectivity index (χ1v) is 9.44. The molecule has 1 aliphatic rings. The van der Waals surface area contributed by atoms with Gasteiger partial charge in [-0.05, 0) is 62.4 Å². The van der Waals surface area contributed by atoms with Crippen LogP contribution in [-0.2, 0) is 17.6 Å². The number of benzene rings is 1. The lowest BCUT2D eigenvalue weighted by molar-refractivity contribution is -0.118. The molecule has 26 heavy (non-hydrogen) atoms. The van der Waals surface area contributed by atoms with E-state index in [1.54, 1.807) is 18.3 Å². The molecule has 7 heteroatoms. The minimum absolute atomic E-state index is 0.170. The zero-order valence-corrected chi connectivity index (χ0v) is 15.1. The van der Waals surface area contributed by atoms with Gasteiger partial charge in [-0.1, -0.05) is 0 Å². The molecule has 1 N–H and O–H groups in total. The van der Waals surface area contributed by atoms with Crippen LogP contribution in [0, 0.1) is 5.82 Å². The van der Waals surface area contributed by atoms with Crippen molar-refractivity contribution >= 4 is 33.1 Å². The molecule has 0 unspecified atom stereocenters. The first-order chi connectivity index (χ1) is 12.5. The SMILES string of the molecule is C[C@H](C(=O)Nc1ccc(F)cc1)n1cnc2sc3c(c2c1=O)CCCC3. The number of hydrogen-bond acceptors (Lipinski definition) is 4. The third-order valence-electron chi connectivity index (χ3n) is 4.81. The highest BCUT2D eigenvalue weighted by Gasteiger charge is 2.23. The molecule has 2 aromatic heterocycles. The van der Waals surface area contributed by atoms with E-state index in [2.05, 4.69) is 10.3 Å². The van der Waals surface area contributed by atoms with Gasteiger partial charge in [0, 0.05) is 10.6 Å². The van der Waals surface area contributed by atoms with Crippen LogP contribution < -0.4 is 10.9 Å². The summed E-state index contributed by atoms with van der Waals surface area (Å²) in [6.07, 6.45) is 5.56. The maximum absolute atomic E-state index is 13.0. The van der Waals surface area contributed by atoms with Gasteiger partial charge in [0.15, 0.2) is 0 Å². The van der Waals surface area contributed by atoms with E-state index in [1.807, 2.05) is 0 Å². The van der Waals surface area contributed by atoms with Crippen molar-refractivity contribution in [1.29, 1.82) is 0 Å². The standard InChI is InChI=1S/C19H18FN3O2S/c1-11(17(24)22-13-8-6-12(20)7-9-13)23-10-21-18-16(19(23)25)14-4-2-3-5-15(14)26-18/h6-11H,2-5H2,1H3,(H,22,24)/t11-/m1/s1. The number of thiophene rings is 1. The van der Waals surface area contributed by atoms with Crippen molar-refractivity contribution < 1.29 is 9.18 Å². The molecule has 2 heterocycles. The smallest absolute Gasteiger partial charge is 0.263 e. The average molecular weight is 371 g/mol. The number of anilines is 1. The van der Waals surface area contributed by atoms with Crippen molar-refractivity contribution in [3.63, 3.8) is 0 Å². The van der Waals surface area contributed by atoms with Crippen LogP contribution in [0.5, 0.6) is 0 Å². The van der Waals surface area contributed by atoms with Crippen LogP contribution in [0.3, 0.4) is 0 Å². The second-order valence-corrected chi connectivity index (χ2v) is 7.60. The van der Waals surface area contributed by atoms with Gasteiger partial charge >= 0.3 is 0 Å². The monoisotopic (exact) mass is 371 g/mol. The largest absolute Gasteiger partial charge is 0.324 e. The van der Waals surface area contributed by atoms with Crippen molar-refractivity contribution in [3.05, 3.63) is 57.2 Å². The first-order valence-electron chi connectivity index (χ1n) is 8.62. The van der Waals surface area contributed by atoms with Crippen molar-refractivity contribution in [2.45, 2.75) is 38.6 Å². The molecule has 1 aliphatic carbocycles.